The highest BCUT2D eigenvalue weighted by atomic mass is 15.0. The van der Waals surface area contributed by atoms with E-state index in [1.807, 2.05) is 0 Å². The quantitative estimate of drug-likeness (QED) is 0.713. The molecular formula is C11H21N3. The zero-order chi connectivity index (χ0) is 10.2. The molecule has 2 atom stereocenters. The maximum absolute atomic E-state index is 8.65. The van der Waals surface area contributed by atoms with E-state index >= 15 is 0 Å². The summed E-state index contributed by atoms with van der Waals surface area (Å²) in [4.78, 5) is 0. The number of nitrogens with zero attached hydrogens (tertiary/aromatic N) is 1. The van der Waals surface area contributed by atoms with Crippen molar-refractivity contribution in [2.75, 3.05) is 13.1 Å². The van der Waals surface area contributed by atoms with E-state index in [2.05, 4.69) is 23.6 Å². The maximum atomic E-state index is 8.65. The zero-order valence-corrected chi connectivity index (χ0v) is 9.05. The first kappa shape index (κ1) is 11.5. The fourth-order valence-corrected chi connectivity index (χ4v) is 1.95. The molecule has 2 unspecified atom stereocenters. The van der Waals surface area contributed by atoms with Crippen LogP contribution in [0.2, 0.25) is 0 Å². The summed E-state index contributed by atoms with van der Waals surface area (Å²) in [5.41, 5.74) is 0. The van der Waals surface area contributed by atoms with Crippen molar-refractivity contribution in [1.82, 2.24) is 10.6 Å². The smallest absolute Gasteiger partial charge is 0.0638 e. The van der Waals surface area contributed by atoms with E-state index in [1.165, 1.54) is 19.3 Å². The molecule has 0 saturated carbocycles. The lowest BCUT2D eigenvalue weighted by molar-refractivity contribution is 0.393. The number of nitrogens with one attached hydrogen (secondary N) is 2. The Morgan fingerprint density at radius 3 is 3.07 bits per heavy atom. The molecule has 0 spiro atoms. The predicted molar refractivity (Wildman–Crippen MR) is 58.0 cm³/mol. The molecule has 0 radical (unpaired) electrons. The fourth-order valence-electron chi connectivity index (χ4n) is 1.95. The van der Waals surface area contributed by atoms with Crippen LogP contribution in [-0.2, 0) is 0 Å². The molecule has 0 aliphatic carbocycles. The van der Waals surface area contributed by atoms with Gasteiger partial charge in [0, 0.05) is 12.1 Å². The Hall–Kier alpha value is -0.590. The van der Waals surface area contributed by atoms with Gasteiger partial charge in [-0.2, -0.15) is 5.26 Å². The summed E-state index contributed by atoms with van der Waals surface area (Å²) in [5, 5.41) is 15.6. The van der Waals surface area contributed by atoms with Crippen molar-refractivity contribution >= 4 is 0 Å². The van der Waals surface area contributed by atoms with Gasteiger partial charge in [-0.3, -0.25) is 0 Å². The molecule has 1 saturated heterocycles. The molecule has 0 aromatic carbocycles. The van der Waals surface area contributed by atoms with Gasteiger partial charge in [-0.05, 0) is 38.8 Å². The van der Waals surface area contributed by atoms with Crippen LogP contribution in [0.3, 0.4) is 0 Å². The summed E-state index contributed by atoms with van der Waals surface area (Å²) >= 11 is 0. The molecule has 1 aliphatic heterocycles. The van der Waals surface area contributed by atoms with E-state index in [0.717, 1.165) is 19.5 Å². The summed E-state index contributed by atoms with van der Waals surface area (Å²) in [7, 11) is 0. The SMILES string of the molecule is CCC(CC#N)NC1CCCNCC1. The molecule has 0 aromatic rings. The number of rotatable bonds is 4. The van der Waals surface area contributed by atoms with Gasteiger partial charge < -0.3 is 10.6 Å². The summed E-state index contributed by atoms with van der Waals surface area (Å²) < 4.78 is 0. The van der Waals surface area contributed by atoms with Crippen LogP contribution in [0, 0.1) is 11.3 Å². The Morgan fingerprint density at radius 1 is 1.50 bits per heavy atom. The average Bonchev–Trinajstić information content (AvgIpc) is 2.45. The van der Waals surface area contributed by atoms with E-state index in [9.17, 15) is 0 Å². The predicted octanol–water partition coefficient (Wildman–Crippen LogP) is 1.41. The minimum absolute atomic E-state index is 0.392. The summed E-state index contributed by atoms with van der Waals surface area (Å²) in [5.74, 6) is 0. The maximum Gasteiger partial charge on any atom is 0.0638 e. The largest absolute Gasteiger partial charge is 0.317 e. The Morgan fingerprint density at radius 2 is 2.36 bits per heavy atom. The Labute approximate surface area is 86.9 Å². The van der Waals surface area contributed by atoms with E-state index in [4.69, 9.17) is 5.26 Å². The third-order valence-corrected chi connectivity index (χ3v) is 2.88. The molecule has 3 heteroatoms. The van der Waals surface area contributed by atoms with Gasteiger partial charge in [-0.15, -0.1) is 0 Å². The first-order valence-electron chi connectivity index (χ1n) is 5.70. The highest BCUT2D eigenvalue weighted by Crippen LogP contribution is 2.08. The monoisotopic (exact) mass is 195 g/mol. The van der Waals surface area contributed by atoms with Crippen molar-refractivity contribution in [2.45, 2.75) is 51.1 Å². The van der Waals surface area contributed by atoms with Crippen LogP contribution in [0.4, 0.5) is 0 Å². The molecule has 1 fully saturated rings. The van der Waals surface area contributed by atoms with Crippen LogP contribution < -0.4 is 10.6 Å². The number of hydrogen-bond donors (Lipinski definition) is 2. The van der Waals surface area contributed by atoms with Gasteiger partial charge in [0.15, 0.2) is 0 Å². The van der Waals surface area contributed by atoms with Gasteiger partial charge in [0.05, 0.1) is 12.5 Å². The molecule has 1 aliphatic rings. The summed E-state index contributed by atoms with van der Waals surface area (Å²) in [6.45, 7) is 4.40. The highest BCUT2D eigenvalue weighted by Gasteiger charge is 2.15. The van der Waals surface area contributed by atoms with Gasteiger partial charge >= 0.3 is 0 Å². The van der Waals surface area contributed by atoms with Crippen molar-refractivity contribution in [1.29, 1.82) is 5.26 Å². The van der Waals surface area contributed by atoms with Crippen LogP contribution in [0.25, 0.3) is 0 Å². The van der Waals surface area contributed by atoms with E-state index < -0.39 is 0 Å². The van der Waals surface area contributed by atoms with Gasteiger partial charge in [0.25, 0.3) is 0 Å². The second-order valence-electron chi connectivity index (χ2n) is 4.01. The van der Waals surface area contributed by atoms with E-state index in [-0.39, 0.29) is 0 Å². The molecule has 0 bridgehead atoms. The van der Waals surface area contributed by atoms with Gasteiger partial charge in [-0.1, -0.05) is 6.92 Å². The highest BCUT2D eigenvalue weighted by molar-refractivity contribution is 4.83. The van der Waals surface area contributed by atoms with Gasteiger partial charge in [0.1, 0.15) is 0 Å². The average molecular weight is 195 g/mol. The Kier molecular flexibility index (Phi) is 5.58. The van der Waals surface area contributed by atoms with Crippen LogP contribution in [-0.4, -0.2) is 25.2 Å². The van der Waals surface area contributed by atoms with Crippen LogP contribution in [0.5, 0.6) is 0 Å². The normalized spacial score (nSPS) is 25.0. The second kappa shape index (κ2) is 6.80. The minimum Gasteiger partial charge on any atom is -0.317 e. The van der Waals surface area contributed by atoms with E-state index in [0.29, 0.717) is 18.5 Å². The molecule has 3 nitrogen and oxygen atoms in total. The minimum atomic E-state index is 0.392. The number of hydrogen-bond acceptors (Lipinski definition) is 3. The summed E-state index contributed by atoms with van der Waals surface area (Å²) in [6, 6.07) is 3.25. The standard InChI is InChI=1S/C11H21N3/c1-2-10(5-7-12)14-11-4-3-8-13-9-6-11/h10-11,13-14H,2-6,8-9H2,1H3. The molecule has 1 rings (SSSR count). The molecule has 2 N–H and O–H groups in total. The molecule has 14 heavy (non-hydrogen) atoms. The second-order valence-corrected chi connectivity index (χ2v) is 4.01. The first-order chi connectivity index (χ1) is 6.86. The van der Waals surface area contributed by atoms with E-state index in [1.54, 1.807) is 0 Å². The lowest BCUT2D eigenvalue weighted by atomic mass is 10.1. The van der Waals surface area contributed by atoms with Crippen molar-refractivity contribution in [3.63, 3.8) is 0 Å². The molecule has 0 aromatic heterocycles. The van der Waals surface area contributed by atoms with Crippen LogP contribution in [0.15, 0.2) is 0 Å². The topological polar surface area (TPSA) is 47.9 Å². The van der Waals surface area contributed by atoms with Crippen LogP contribution >= 0.6 is 0 Å². The van der Waals surface area contributed by atoms with Gasteiger partial charge in [-0.25, -0.2) is 0 Å². The zero-order valence-electron chi connectivity index (χ0n) is 9.05. The first-order valence-corrected chi connectivity index (χ1v) is 5.70. The summed E-state index contributed by atoms with van der Waals surface area (Å²) in [6.07, 6.45) is 5.38. The lowest BCUT2D eigenvalue weighted by Crippen LogP contribution is -2.38. The third kappa shape index (κ3) is 4.08. The van der Waals surface area contributed by atoms with Crippen LogP contribution in [0.1, 0.15) is 39.0 Å². The molecular weight excluding hydrogens is 174 g/mol. The molecule has 1 heterocycles. The van der Waals surface area contributed by atoms with Gasteiger partial charge in [0.2, 0.25) is 0 Å². The van der Waals surface area contributed by atoms with Crippen molar-refractivity contribution in [3.8, 4) is 6.07 Å². The fraction of sp³-hybridized carbons (Fsp3) is 0.909. The van der Waals surface area contributed by atoms with Crippen molar-refractivity contribution < 1.29 is 0 Å². The molecule has 0 amide bonds. The number of nitriles is 1. The molecule has 80 valence electrons. The third-order valence-electron chi connectivity index (χ3n) is 2.88. The van der Waals surface area contributed by atoms with Crippen molar-refractivity contribution in [3.05, 3.63) is 0 Å². The van der Waals surface area contributed by atoms with Crippen molar-refractivity contribution in [2.24, 2.45) is 0 Å². The Bertz CT molecular complexity index is 177. The lowest BCUT2D eigenvalue weighted by Gasteiger charge is -2.21. The Balaban J connectivity index is 2.28.